The van der Waals surface area contributed by atoms with Crippen molar-refractivity contribution in [2.24, 2.45) is 23.2 Å². The predicted molar refractivity (Wildman–Crippen MR) is 74.3 cm³/mol. The lowest BCUT2D eigenvalue weighted by Gasteiger charge is -2.58. The second-order valence-corrected chi connectivity index (χ2v) is 7.16. The van der Waals surface area contributed by atoms with Gasteiger partial charge in [-0.2, -0.15) is 0 Å². The highest BCUT2D eigenvalue weighted by Gasteiger charge is 2.51. The Morgan fingerprint density at radius 2 is 1.67 bits per heavy atom. The summed E-state index contributed by atoms with van der Waals surface area (Å²) in [7, 11) is 0. The number of aliphatic hydroxyl groups is 1. The van der Waals surface area contributed by atoms with Crippen molar-refractivity contribution >= 4 is 0 Å². The summed E-state index contributed by atoms with van der Waals surface area (Å²) in [5.41, 5.74) is 0.590. The van der Waals surface area contributed by atoms with Crippen molar-refractivity contribution in [3.8, 4) is 0 Å². The molecule has 0 saturated heterocycles. The van der Waals surface area contributed by atoms with Crippen molar-refractivity contribution in [3.63, 3.8) is 0 Å². The molecule has 0 aromatic heterocycles. The molecule has 0 atom stereocenters. The molecule has 4 aliphatic carbocycles. The van der Waals surface area contributed by atoms with Crippen LogP contribution in [0, 0.1) is 23.2 Å². The van der Waals surface area contributed by atoms with Crippen LogP contribution in [-0.4, -0.2) is 36.2 Å². The number of hydrogen-bond donors (Lipinski definition) is 1. The van der Waals surface area contributed by atoms with Crippen LogP contribution in [-0.2, 0) is 0 Å². The van der Waals surface area contributed by atoms with Crippen LogP contribution in [0.15, 0.2) is 12.7 Å². The first-order valence-corrected chi connectivity index (χ1v) is 7.67. The summed E-state index contributed by atoms with van der Waals surface area (Å²) in [4.78, 5) is 2.42. The Balaban J connectivity index is 1.68. The van der Waals surface area contributed by atoms with Crippen LogP contribution in [0.25, 0.3) is 0 Å². The molecule has 4 bridgehead atoms. The molecule has 4 rings (SSSR count). The van der Waals surface area contributed by atoms with E-state index in [1.807, 2.05) is 6.08 Å². The summed E-state index contributed by atoms with van der Waals surface area (Å²) in [6, 6.07) is 0. The van der Waals surface area contributed by atoms with Gasteiger partial charge in [0, 0.05) is 19.6 Å². The minimum atomic E-state index is 0.278. The highest BCUT2D eigenvalue weighted by molar-refractivity contribution is 5.02. The second-order valence-electron chi connectivity index (χ2n) is 7.16. The largest absolute Gasteiger partial charge is 0.395 e. The van der Waals surface area contributed by atoms with Gasteiger partial charge in [-0.3, -0.25) is 4.90 Å². The van der Waals surface area contributed by atoms with E-state index >= 15 is 0 Å². The predicted octanol–water partition coefficient (Wildman–Crippen LogP) is 2.68. The topological polar surface area (TPSA) is 23.5 Å². The zero-order valence-corrected chi connectivity index (χ0v) is 11.5. The minimum absolute atomic E-state index is 0.278. The van der Waals surface area contributed by atoms with Gasteiger partial charge in [-0.05, 0) is 61.7 Å². The number of nitrogens with zero attached hydrogens (tertiary/aromatic N) is 1. The summed E-state index contributed by atoms with van der Waals surface area (Å²) in [6.45, 7) is 7.08. The van der Waals surface area contributed by atoms with Crippen LogP contribution in [0.2, 0.25) is 0 Å². The van der Waals surface area contributed by atoms with Gasteiger partial charge in [-0.25, -0.2) is 0 Å². The van der Waals surface area contributed by atoms with E-state index in [1.165, 1.54) is 45.1 Å². The normalized spacial score (nSPS) is 41.6. The van der Waals surface area contributed by atoms with Crippen molar-refractivity contribution in [2.75, 3.05) is 26.2 Å². The molecule has 0 radical (unpaired) electrons. The van der Waals surface area contributed by atoms with Gasteiger partial charge >= 0.3 is 0 Å². The van der Waals surface area contributed by atoms with E-state index in [2.05, 4.69) is 11.5 Å². The monoisotopic (exact) mass is 249 g/mol. The average Bonchev–Trinajstić information content (AvgIpc) is 2.26. The van der Waals surface area contributed by atoms with Crippen LogP contribution >= 0.6 is 0 Å². The third-order valence-corrected chi connectivity index (χ3v) is 5.53. The molecule has 18 heavy (non-hydrogen) atoms. The Morgan fingerprint density at radius 3 is 2.11 bits per heavy atom. The van der Waals surface area contributed by atoms with Gasteiger partial charge in [-0.1, -0.05) is 6.08 Å². The van der Waals surface area contributed by atoms with Gasteiger partial charge < -0.3 is 5.11 Å². The van der Waals surface area contributed by atoms with Crippen molar-refractivity contribution in [2.45, 2.75) is 38.5 Å². The van der Waals surface area contributed by atoms with E-state index in [0.717, 1.165) is 30.8 Å². The molecule has 102 valence electrons. The Bertz CT molecular complexity index is 277. The summed E-state index contributed by atoms with van der Waals surface area (Å²) < 4.78 is 0. The second kappa shape index (κ2) is 4.97. The maximum atomic E-state index is 9.20. The van der Waals surface area contributed by atoms with E-state index < -0.39 is 0 Å². The molecule has 0 heterocycles. The van der Waals surface area contributed by atoms with Crippen molar-refractivity contribution in [3.05, 3.63) is 12.7 Å². The number of rotatable bonds is 6. The molecular weight excluding hydrogens is 222 g/mol. The minimum Gasteiger partial charge on any atom is -0.395 e. The quantitative estimate of drug-likeness (QED) is 0.732. The van der Waals surface area contributed by atoms with Crippen molar-refractivity contribution < 1.29 is 5.11 Å². The van der Waals surface area contributed by atoms with Gasteiger partial charge in [0.2, 0.25) is 0 Å². The maximum Gasteiger partial charge on any atom is 0.0558 e. The molecule has 0 aromatic rings. The molecule has 0 aliphatic heterocycles. The molecule has 0 aromatic carbocycles. The maximum absolute atomic E-state index is 9.20. The van der Waals surface area contributed by atoms with E-state index in [0.29, 0.717) is 5.41 Å². The zero-order chi connectivity index (χ0) is 12.6. The lowest BCUT2D eigenvalue weighted by atomic mass is 9.49. The van der Waals surface area contributed by atoms with Gasteiger partial charge in [0.25, 0.3) is 0 Å². The summed E-state index contributed by atoms with van der Waals surface area (Å²) >= 11 is 0. The summed E-state index contributed by atoms with van der Waals surface area (Å²) in [5.74, 6) is 3.07. The molecule has 0 spiro atoms. The van der Waals surface area contributed by atoms with Crippen molar-refractivity contribution in [1.82, 2.24) is 4.90 Å². The first-order chi connectivity index (χ1) is 8.73. The highest BCUT2D eigenvalue weighted by Crippen LogP contribution is 2.60. The molecule has 4 aliphatic rings. The average molecular weight is 249 g/mol. The fraction of sp³-hybridized carbons (Fsp3) is 0.875. The molecule has 0 amide bonds. The molecular formula is C16H27NO. The number of hydrogen-bond acceptors (Lipinski definition) is 2. The zero-order valence-electron chi connectivity index (χ0n) is 11.5. The first-order valence-electron chi connectivity index (χ1n) is 7.67. The standard InChI is InChI=1S/C16H27NO/c1-2-3-17(4-5-18)12-16-9-13-6-14(10-16)8-15(7-13)11-16/h2,13-15,18H,1,3-12H2. The Kier molecular flexibility index (Phi) is 3.50. The number of aliphatic hydroxyl groups excluding tert-OH is 1. The lowest BCUT2D eigenvalue weighted by molar-refractivity contribution is -0.0688. The Morgan fingerprint density at radius 1 is 1.11 bits per heavy atom. The molecule has 2 nitrogen and oxygen atoms in total. The molecule has 1 N–H and O–H groups in total. The van der Waals surface area contributed by atoms with E-state index in [9.17, 15) is 5.11 Å². The van der Waals surface area contributed by atoms with Crippen LogP contribution < -0.4 is 0 Å². The summed E-state index contributed by atoms with van der Waals surface area (Å²) in [5, 5.41) is 9.20. The fourth-order valence-electron chi connectivity index (χ4n) is 5.52. The van der Waals surface area contributed by atoms with Crippen LogP contribution in [0.4, 0.5) is 0 Å². The van der Waals surface area contributed by atoms with E-state index in [-0.39, 0.29) is 6.61 Å². The summed E-state index contributed by atoms with van der Waals surface area (Å²) in [6.07, 6.45) is 10.9. The van der Waals surface area contributed by atoms with Crippen LogP contribution in [0.1, 0.15) is 38.5 Å². The Labute approximate surface area is 111 Å². The lowest BCUT2D eigenvalue weighted by Crippen LogP contribution is -2.51. The first kappa shape index (κ1) is 12.7. The fourth-order valence-corrected chi connectivity index (χ4v) is 5.52. The SMILES string of the molecule is C=CCN(CCO)CC12CC3CC(CC(C3)C1)C2. The molecule has 4 fully saturated rings. The van der Waals surface area contributed by atoms with Crippen LogP contribution in [0.3, 0.4) is 0 Å². The van der Waals surface area contributed by atoms with Crippen LogP contribution in [0.5, 0.6) is 0 Å². The Hall–Kier alpha value is -0.340. The molecule has 2 heteroatoms. The molecule has 0 unspecified atom stereocenters. The van der Waals surface area contributed by atoms with Gasteiger partial charge in [0.1, 0.15) is 0 Å². The van der Waals surface area contributed by atoms with E-state index in [1.54, 1.807) is 0 Å². The van der Waals surface area contributed by atoms with Gasteiger partial charge in [0.15, 0.2) is 0 Å². The van der Waals surface area contributed by atoms with Crippen molar-refractivity contribution in [1.29, 1.82) is 0 Å². The molecule has 4 saturated carbocycles. The third-order valence-electron chi connectivity index (χ3n) is 5.53. The van der Waals surface area contributed by atoms with Gasteiger partial charge in [0.05, 0.1) is 6.61 Å². The van der Waals surface area contributed by atoms with Gasteiger partial charge in [-0.15, -0.1) is 6.58 Å². The third kappa shape index (κ3) is 2.37. The highest BCUT2D eigenvalue weighted by atomic mass is 16.3. The smallest absolute Gasteiger partial charge is 0.0558 e. The van der Waals surface area contributed by atoms with E-state index in [4.69, 9.17) is 0 Å².